The molecule has 0 amide bonds. The number of rotatable bonds is 10. The molecule has 1 unspecified atom stereocenters. The Morgan fingerprint density at radius 3 is 2.67 bits per heavy atom. The number of halogens is 1. The van der Waals surface area contributed by atoms with Crippen LogP contribution in [0.4, 0.5) is 0 Å². The van der Waals surface area contributed by atoms with Crippen LogP contribution < -0.4 is 10.1 Å². The Morgan fingerprint density at radius 2 is 2.05 bits per heavy atom. The van der Waals surface area contributed by atoms with Crippen LogP contribution >= 0.6 is 15.9 Å². The number of aliphatic hydroxyl groups excluding tert-OH is 1. The number of hydrogen-bond donors (Lipinski definition) is 2. The Morgan fingerprint density at radius 1 is 1.29 bits per heavy atom. The van der Waals surface area contributed by atoms with Crippen LogP contribution in [-0.4, -0.2) is 37.1 Å². The SMILES string of the molecule is CCCNCc1ccc(OCC(O)COC(C)C)c(Br)c1. The van der Waals surface area contributed by atoms with Crippen molar-refractivity contribution in [2.45, 2.75) is 45.9 Å². The summed E-state index contributed by atoms with van der Waals surface area (Å²) in [5, 5.41) is 13.1. The van der Waals surface area contributed by atoms with Gasteiger partial charge >= 0.3 is 0 Å². The zero-order chi connectivity index (χ0) is 15.7. The predicted molar refractivity (Wildman–Crippen MR) is 88.7 cm³/mol. The van der Waals surface area contributed by atoms with Gasteiger partial charge in [-0.15, -0.1) is 0 Å². The maximum atomic E-state index is 9.77. The molecule has 5 heteroatoms. The van der Waals surface area contributed by atoms with Crippen LogP contribution in [0.2, 0.25) is 0 Å². The topological polar surface area (TPSA) is 50.7 Å². The molecule has 1 aromatic rings. The van der Waals surface area contributed by atoms with Crippen molar-refractivity contribution in [1.82, 2.24) is 5.32 Å². The van der Waals surface area contributed by atoms with Crippen molar-refractivity contribution in [3.8, 4) is 5.75 Å². The highest BCUT2D eigenvalue weighted by molar-refractivity contribution is 9.10. The van der Waals surface area contributed by atoms with Gasteiger partial charge in [0.1, 0.15) is 18.5 Å². The van der Waals surface area contributed by atoms with E-state index in [-0.39, 0.29) is 19.3 Å². The van der Waals surface area contributed by atoms with Crippen LogP contribution in [0.1, 0.15) is 32.8 Å². The Labute approximate surface area is 136 Å². The van der Waals surface area contributed by atoms with Crippen molar-refractivity contribution in [3.63, 3.8) is 0 Å². The summed E-state index contributed by atoms with van der Waals surface area (Å²) < 4.78 is 11.9. The largest absolute Gasteiger partial charge is 0.490 e. The molecule has 0 fully saturated rings. The van der Waals surface area contributed by atoms with E-state index in [1.807, 2.05) is 32.0 Å². The molecule has 0 bridgehead atoms. The third-order valence-electron chi connectivity index (χ3n) is 2.81. The summed E-state index contributed by atoms with van der Waals surface area (Å²) in [7, 11) is 0. The quantitative estimate of drug-likeness (QED) is 0.630. The van der Waals surface area contributed by atoms with Crippen LogP contribution in [0.3, 0.4) is 0 Å². The normalized spacial score (nSPS) is 12.7. The molecule has 0 aromatic heterocycles. The molecule has 0 saturated heterocycles. The van der Waals surface area contributed by atoms with Crippen LogP contribution in [0.25, 0.3) is 0 Å². The molecule has 0 radical (unpaired) electrons. The summed E-state index contributed by atoms with van der Waals surface area (Å²) >= 11 is 3.50. The van der Waals surface area contributed by atoms with Crippen LogP contribution in [0, 0.1) is 0 Å². The Bertz CT molecular complexity index is 413. The van der Waals surface area contributed by atoms with Gasteiger partial charge in [0.25, 0.3) is 0 Å². The summed E-state index contributed by atoms with van der Waals surface area (Å²) in [6.07, 6.45) is 0.616. The standard InChI is InChI=1S/C16H26BrNO3/c1-4-7-18-9-13-5-6-16(15(17)8-13)21-11-14(19)10-20-12(2)3/h5-6,8,12,14,18-19H,4,7,9-11H2,1-3H3. The fourth-order valence-electron chi connectivity index (χ4n) is 1.72. The van der Waals surface area contributed by atoms with Gasteiger partial charge in [0, 0.05) is 6.54 Å². The second kappa shape index (κ2) is 10.2. The minimum Gasteiger partial charge on any atom is -0.490 e. The van der Waals surface area contributed by atoms with E-state index < -0.39 is 6.10 Å². The lowest BCUT2D eigenvalue weighted by Gasteiger charge is -2.15. The van der Waals surface area contributed by atoms with Crippen molar-refractivity contribution in [2.24, 2.45) is 0 Å². The number of hydrogen-bond acceptors (Lipinski definition) is 4. The maximum absolute atomic E-state index is 9.77. The van der Waals surface area contributed by atoms with Crippen molar-refractivity contribution in [2.75, 3.05) is 19.8 Å². The monoisotopic (exact) mass is 359 g/mol. The molecular formula is C16H26BrNO3. The third kappa shape index (κ3) is 7.81. The van der Waals surface area contributed by atoms with Crippen LogP contribution in [0.5, 0.6) is 5.75 Å². The highest BCUT2D eigenvalue weighted by Crippen LogP contribution is 2.26. The third-order valence-corrected chi connectivity index (χ3v) is 3.43. The fourth-order valence-corrected chi connectivity index (χ4v) is 2.26. The summed E-state index contributed by atoms with van der Waals surface area (Å²) in [6, 6.07) is 5.98. The van der Waals surface area contributed by atoms with Gasteiger partial charge in [-0.1, -0.05) is 13.0 Å². The highest BCUT2D eigenvalue weighted by Gasteiger charge is 2.09. The van der Waals surface area contributed by atoms with Gasteiger partial charge in [0.05, 0.1) is 17.2 Å². The molecule has 0 spiro atoms. The van der Waals surface area contributed by atoms with E-state index >= 15 is 0 Å². The Hall–Kier alpha value is -0.620. The molecule has 0 aliphatic rings. The van der Waals surface area contributed by atoms with E-state index in [4.69, 9.17) is 9.47 Å². The van der Waals surface area contributed by atoms with Gasteiger partial charge in [-0.3, -0.25) is 0 Å². The molecule has 1 rings (SSSR count). The molecule has 0 saturated carbocycles. The van der Waals surface area contributed by atoms with E-state index in [9.17, 15) is 5.11 Å². The number of ether oxygens (including phenoxy) is 2. The zero-order valence-corrected chi connectivity index (χ0v) is 14.6. The fraction of sp³-hybridized carbons (Fsp3) is 0.625. The van der Waals surface area contributed by atoms with Gasteiger partial charge in [0.15, 0.2) is 0 Å². The number of nitrogens with one attached hydrogen (secondary N) is 1. The molecule has 1 aromatic carbocycles. The highest BCUT2D eigenvalue weighted by atomic mass is 79.9. The van der Waals surface area contributed by atoms with E-state index in [0.717, 1.165) is 29.7 Å². The Balaban J connectivity index is 2.41. The molecule has 0 heterocycles. The van der Waals surface area contributed by atoms with Crippen molar-refractivity contribution in [3.05, 3.63) is 28.2 Å². The van der Waals surface area contributed by atoms with Gasteiger partial charge in [-0.2, -0.15) is 0 Å². The molecule has 4 nitrogen and oxygen atoms in total. The summed E-state index contributed by atoms with van der Waals surface area (Å²) in [5.41, 5.74) is 1.20. The molecule has 21 heavy (non-hydrogen) atoms. The minimum absolute atomic E-state index is 0.112. The van der Waals surface area contributed by atoms with Crippen molar-refractivity contribution in [1.29, 1.82) is 0 Å². The molecule has 120 valence electrons. The van der Waals surface area contributed by atoms with Gasteiger partial charge in [-0.25, -0.2) is 0 Å². The average Bonchev–Trinajstić information content (AvgIpc) is 2.44. The van der Waals surface area contributed by atoms with E-state index in [2.05, 4.69) is 28.2 Å². The Kier molecular flexibility index (Phi) is 8.92. The lowest BCUT2D eigenvalue weighted by Crippen LogP contribution is -2.25. The molecule has 0 aliphatic heterocycles. The second-order valence-electron chi connectivity index (χ2n) is 5.29. The molecular weight excluding hydrogens is 334 g/mol. The van der Waals surface area contributed by atoms with Crippen molar-refractivity contribution >= 4 is 15.9 Å². The minimum atomic E-state index is -0.620. The average molecular weight is 360 g/mol. The first-order valence-corrected chi connectivity index (χ1v) is 8.23. The number of aliphatic hydroxyl groups is 1. The van der Waals surface area contributed by atoms with Gasteiger partial charge in [0.2, 0.25) is 0 Å². The summed E-state index contributed by atoms with van der Waals surface area (Å²) in [6.45, 7) is 8.39. The molecule has 2 N–H and O–H groups in total. The zero-order valence-electron chi connectivity index (χ0n) is 13.1. The maximum Gasteiger partial charge on any atom is 0.133 e. The van der Waals surface area contributed by atoms with Crippen LogP contribution in [-0.2, 0) is 11.3 Å². The first kappa shape index (κ1) is 18.4. The first-order valence-electron chi connectivity index (χ1n) is 7.44. The van der Waals surface area contributed by atoms with Gasteiger partial charge < -0.3 is 19.9 Å². The number of benzene rings is 1. The predicted octanol–water partition coefficient (Wildman–Crippen LogP) is 3.11. The second-order valence-corrected chi connectivity index (χ2v) is 6.14. The smallest absolute Gasteiger partial charge is 0.133 e. The van der Waals surface area contributed by atoms with E-state index in [1.54, 1.807) is 0 Å². The first-order chi connectivity index (χ1) is 10.0. The molecule has 1 atom stereocenters. The van der Waals surface area contributed by atoms with E-state index in [1.165, 1.54) is 5.56 Å². The van der Waals surface area contributed by atoms with Crippen molar-refractivity contribution < 1.29 is 14.6 Å². The summed E-state index contributed by atoms with van der Waals surface area (Å²) in [4.78, 5) is 0. The van der Waals surface area contributed by atoms with Crippen LogP contribution in [0.15, 0.2) is 22.7 Å². The lowest BCUT2D eigenvalue weighted by molar-refractivity contribution is -0.0123. The van der Waals surface area contributed by atoms with E-state index in [0.29, 0.717) is 0 Å². The summed E-state index contributed by atoms with van der Waals surface area (Å²) in [5.74, 6) is 0.734. The lowest BCUT2D eigenvalue weighted by atomic mass is 10.2. The molecule has 0 aliphatic carbocycles. The van der Waals surface area contributed by atoms with Gasteiger partial charge in [-0.05, 0) is 60.4 Å².